The lowest BCUT2D eigenvalue weighted by Gasteiger charge is -2.01. The van der Waals surface area contributed by atoms with Gasteiger partial charge >= 0.3 is 5.97 Å². The van der Waals surface area contributed by atoms with Gasteiger partial charge in [-0.2, -0.15) is 5.10 Å². The van der Waals surface area contributed by atoms with Gasteiger partial charge in [-0.3, -0.25) is 4.79 Å². The summed E-state index contributed by atoms with van der Waals surface area (Å²) < 4.78 is 1.45. The van der Waals surface area contributed by atoms with Gasteiger partial charge in [0.05, 0.1) is 11.8 Å². The van der Waals surface area contributed by atoms with Crippen molar-refractivity contribution in [1.29, 1.82) is 0 Å². The fourth-order valence-electron chi connectivity index (χ4n) is 1.47. The number of aromatic nitrogens is 3. The molecule has 2 rings (SSSR count). The summed E-state index contributed by atoms with van der Waals surface area (Å²) in [5.41, 5.74) is 1.14. The molecule has 6 heteroatoms. The van der Waals surface area contributed by atoms with Crippen molar-refractivity contribution < 1.29 is 14.7 Å². The van der Waals surface area contributed by atoms with Gasteiger partial charge in [0, 0.05) is 5.69 Å². The Hall–Kier alpha value is -2.24. The van der Waals surface area contributed by atoms with E-state index in [9.17, 15) is 9.59 Å². The van der Waals surface area contributed by atoms with Gasteiger partial charge in [-0.05, 0) is 19.9 Å². The Morgan fingerprint density at radius 1 is 1.44 bits per heavy atom. The van der Waals surface area contributed by atoms with Crippen LogP contribution in [0.4, 0.5) is 0 Å². The lowest BCUT2D eigenvalue weighted by Crippen LogP contribution is -2.06. The maximum Gasteiger partial charge on any atom is 0.354 e. The van der Waals surface area contributed by atoms with E-state index in [0.29, 0.717) is 11.3 Å². The van der Waals surface area contributed by atoms with Crippen LogP contribution in [0.2, 0.25) is 0 Å². The van der Waals surface area contributed by atoms with Gasteiger partial charge in [0.2, 0.25) is 0 Å². The minimum atomic E-state index is -1.12. The molecule has 0 saturated carbocycles. The quantitative estimate of drug-likeness (QED) is 0.760. The van der Waals surface area contributed by atoms with Crippen LogP contribution >= 0.6 is 0 Å². The van der Waals surface area contributed by atoms with E-state index in [2.05, 4.69) is 10.1 Å². The first-order chi connectivity index (χ1) is 7.50. The monoisotopic (exact) mass is 219 g/mol. The fraction of sp³-hybridized carbons (Fsp3) is 0.200. The second-order valence-electron chi connectivity index (χ2n) is 3.44. The summed E-state index contributed by atoms with van der Waals surface area (Å²) in [6, 6.07) is 1.41. The first-order valence-corrected chi connectivity index (χ1v) is 4.60. The highest BCUT2D eigenvalue weighted by atomic mass is 16.4. The number of carbonyl (C=O) groups excluding carboxylic acids is 1. The summed E-state index contributed by atoms with van der Waals surface area (Å²) in [6.45, 7) is 3.10. The number of carboxylic acids is 1. The number of hydrogen-bond acceptors (Lipinski definition) is 4. The van der Waals surface area contributed by atoms with Crippen LogP contribution in [0.15, 0.2) is 12.3 Å². The van der Waals surface area contributed by atoms with Crippen molar-refractivity contribution in [2.45, 2.75) is 13.8 Å². The maximum atomic E-state index is 11.3. The molecular formula is C10H9N3O3. The van der Waals surface area contributed by atoms with E-state index in [-0.39, 0.29) is 17.1 Å². The molecule has 0 aliphatic heterocycles. The number of carboxylic acid groups (broad SMARTS) is 1. The Morgan fingerprint density at radius 3 is 2.69 bits per heavy atom. The summed E-state index contributed by atoms with van der Waals surface area (Å²) in [5, 5.41) is 12.8. The highest BCUT2D eigenvalue weighted by Crippen LogP contribution is 2.12. The van der Waals surface area contributed by atoms with Crippen molar-refractivity contribution in [3.63, 3.8) is 0 Å². The molecule has 2 aromatic heterocycles. The molecule has 2 aromatic rings. The number of aromatic carboxylic acids is 1. The van der Waals surface area contributed by atoms with E-state index in [1.54, 1.807) is 6.92 Å². The largest absolute Gasteiger partial charge is 0.477 e. The summed E-state index contributed by atoms with van der Waals surface area (Å²) >= 11 is 0. The Morgan fingerprint density at radius 2 is 2.12 bits per heavy atom. The zero-order valence-corrected chi connectivity index (χ0v) is 8.76. The minimum Gasteiger partial charge on any atom is -0.477 e. The highest BCUT2D eigenvalue weighted by molar-refractivity contribution is 6.00. The van der Waals surface area contributed by atoms with Crippen LogP contribution in [0, 0.1) is 6.92 Å². The van der Waals surface area contributed by atoms with Crippen molar-refractivity contribution in [3.8, 4) is 0 Å². The topological polar surface area (TPSA) is 84.6 Å². The first kappa shape index (κ1) is 10.3. The lowest BCUT2D eigenvalue weighted by molar-refractivity contribution is 0.0690. The number of Topliss-reactive ketones (excluding diaryl/α,β-unsaturated/α-hetero) is 1. The average molecular weight is 219 g/mol. The lowest BCUT2D eigenvalue weighted by atomic mass is 10.2. The number of aryl methyl sites for hydroxylation is 1. The van der Waals surface area contributed by atoms with Crippen molar-refractivity contribution in [2.24, 2.45) is 0 Å². The van der Waals surface area contributed by atoms with Crippen molar-refractivity contribution in [1.82, 2.24) is 14.6 Å². The van der Waals surface area contributed by atoms with Gasteiger partial charge in [-0.1, -0.05) is 0 Å². The molecule has 0 unspecified atom stereocenters. The molecule has 0 aliphatic carbocycles. The van der Waals surface area contributed by atoms with E-state index in [4.69, 9.17) is 5.11 Å². The van der Waals surface area contributed by atoms with E-state index >= 15 is 0 Å². The molecule has 0 fully saturated rings. The molecule has 0 amide bonds. The third-order valence-electron chi connectivity index (χ3n) is 2.25. The van der Waals surface area contributed by atoms with Crippen molar-refractivity contribution >= 4 is 17.4 Å². The molecule has 0 aromatic carbocycles. The van der Waals surface area contributed by atoms with E-state index in [0.717, 1.165) is 0 Å². The first-order valence-electron chi connectivity index (χ1n) is 4.60. The van der Waals surface area contributed by atoms with Crippen molar-refractivity contribution in [2.75, 3.05) is 0 Å². The molecule has 0 aliphatic rings. The van der Waals surface area contributed by atoms with Crippen molar-refractivity contribution in [3.05, 3.63) is 29.2 Å². The molecule has 16 heavy (non-hydrogen) atoms. The smallest absolute Gasteiger partial charge is 0.354 e. The second kappa shape index (κ2) is 3.41. The number of rotatable bonds is 2. The Kier molecular flexibility index (Phi) is 2.19. The Bertz CT molecular complexity index is 601. The van der Waals surface area contributed by atoms with Crippen LogP contribution in [0.25, 0.3) is 5.65 Å². The highest BCUT2D eigenvalue weighted by Gasteiger charge is 2.15. The fourth-order valence-corrected chi connectivity index (χ4v) is 1.47. The van der Waals surface area contributed by atoms with Crippen LogP contribution in [0.3, 0.4) is 0 Å². The number of nitrogens with zero attached hydrogens (tertiary/aromatic N) is 3. The van der Waals surface area contributed by atoms with Gasteiger partial charge in [0.1, 0.15) is 0 Å². The van der Waals surface area contributed by atoms with E-state index in [1.165, 1.54) is 23.7 Å². The zero-order chi connectivity index (χ0) is 11.9. The molecular weight excluding hydrogens is 210 g/mol. The number of carbonyl (C=O) groups is 2. The molecule has 1 N–H and O–H groups in total. The predicted molar refractivity (Wildman–Crippen MR) is 54.7 cm³/mol. The summed E-state index contributed by atoms with van der Waals surface area (Å²) in [5.74, 6) is -1.31. The molecule has 0 saturated heterocycles. The summed E-state index contributed by atoms with van der Waals surface area (Å²) in [6.07, 6.45) is 1.39. The summed E-state index contributed by atoms with van der Waals surface area (Å²) in [7, 11) is 0. The SMILES string of the molecule is CC(=O)c1cnn2c(C)cc(C(=O)O)nc12. The van der Waals surface area contributed by atoms with Gasteiger partial charge in [-0.25, -0.2) is 14.3 Å². The van der Waals surface area contributed by atoms with Gasteiger partial charge in [-0.15, -0.1) is 0 Å². The summed E-state index contributed by atoms with van der Waals surface area (Å²) in [4.78, 5) is 26.0. The predicted octanol–water partition coefficient (Wildman–Crippen LogP) is 0.939. The number of fused-ring (bicyclic) bond motifs is 1. The van der Waals surface area contributed by atoms with Gasteiger partial charge in [0.15, 0.2) is 17.1 Å². The van der Waals surface area contributed by atoms with Crippen LogP contribution in [0.5, 0.6) is 0 Å². The van der Waals surface area contributed by atoms with Gasteiger partial charge < -0.3 is 5.11 Å². The maximum absolute atomic E-state index is 11.3. The van der Waals surface area contributed by atoms with E-state index in [1.807, 2.05) is 0 Å². The molecule has 0 bridgehead atoms. The molecule has 2 heterocycles. The van der Waals surface area contributed by atoms with Crippen LogP contribution in [-0.4, -0.2) is 31.5 Å². The van der Waals surface area contributed by atoms with Crippen LogP contribution < -0.4 is 0 Å². The molecule has 0 radical (unpaired) electrons. The number of hydrogen-bond donors (Lipinski definition) is 1. The minimum absolute atomic E-state index is 0.0898. The molecule has 82 valence electrons. The van der Waals surface area contributed by atoms with E-state index < -0.39 is 5.97 Å². The van der Waals surface area contributed by atoms with Crippen LogP contribution in [0.1, 0.15) is 33.5 Å². The third-order valence-corrected chi connectivity index (χ3v) is 2.25. The third kappa shape index (κ3) is 1.44. The second-order valence-corrected chi connectivity index (χ2v) is 3.44. The molecule has 6 nitrogen and oxygen atoms in total. The normalized spacial score (nSPS) is 10.6. The Balaban J connectivity index is 2.81. The Labute approximate surface area is 90.5 Å². The zero-order valence-electron chi connectivity index (χ0n) is 8.76. The average Bonchev–Trinajstić information content (AvgIpc) is 2.61. The van der Waals surface area contributed by atoms with Gasteiger partial charge in [0.25, 0.3) is 0 Å². The standard InChI is InChI=1S/C10H9N3O3/c1-5-3-8(10(15)16)12-9-7(6(2)14)4-11-13(5)9/h3-4H,1-2H3,(H,15,16). The molecule has 0 atom stereocenters. The van der Waals surface area contributed by atoms with Crippen LogP contribution in [-0.2, 0) is 0 Å². The number of ketones is 1. The molecule has 0 spiro atoms.